The number of furan rings is 1. The number of para-hydroxylation sites is 1. The van der Waals surface area contributed by atoms with Crippen LogP contribution in [-0.4, -0.2) is 10.7 Å². The van der Waals surface area contributed by atoms with Crippen molar-refractivity contribution in [1.82, 2.24) is 4.98 Å². The quantitative estimate of drug-likeness (QED) is 0.269. The molecule has 0 amide bonds. The number of aromatic nitrogens is 1. The number of rotatable bonds is 2. The summed E-state index contributed by atoms with van der Waals surface area (Å²) in [4.78, 5) is 9.37. The highest BCUT2D eigenvalue weighted by atomic mass is 32.1. The molecule has 0 N–H and O–H groups in total. The lowest BCUT2D eigenvalue weighted by Crippen LogP contribution is -2.03. The van der Waals surface area contributed by atoms with Crippen LogP contribution in [0.1, 0.15) is 24.5 Å². The van der Waals surface area contributed by atoms with E-state index in [-0.39, 0.29) is 0 Å². The molecule has 0 spiro atoms. The van der Waals surface area contributed by atoms with Crippen LogP contribution in [0.25, 0.3) is 53.4 Å². The summed E-state index contributed by atoms with van der Waals surface area (Å²) in [5.41, 5.74) is 7.39. The molecule has 1 aliphatic rings. The van der Waals surface area contributed by atoms with Crippen molar-refractivity contribution in [1.29, 1.82) is 0 Å². The first-order chi connectivity index (χ1) is 16.3. The van der Waals surface area contributed by atoms with Gasteiger partial charge in [-0.3, -0.25) is 4.99 Å². The van der Waals surface area contributed by atoms with Gasteiger partial charge in [0.2, 0.25) is 5.71 Å². The standard InChI is InChI=1S/C29H20N2OS/c1-2-24-23-16-31-29-26(18(23)13-7-15-30-24)22-12-5-9-19(27(22)32-29)21-11-6-10-20-17-8-3-4-14-25(17)33-28(20)21/h3-12,14-16H,2,13H2,1H3. The highest BCUT2D eigenvalue weighted by molar-refractivity contribution is 7.26. The Bertz CT molecular complexity index is 1780. The molecule has 0 unspecified atom stereocenters. The fourth-order valence-electron chi connectivity index (χ4n) is 5.12. The summed E-state index contributed by atoms with van der Waals surface area (Å²) >= 11 is 1.85. The Kier molecular flexibility index (Phi) is 4.05. The van der Waals surface area contributed by atoms with Crippen LogP contribution in [0.3, 0.4) is 0 Å². The lowest BCUT2D eigenvalue weighted by molar-refractivity contribution is 0.655. The van der Waals surface area contributed by atoms with E-state index in [0.29, 0.717) is 5.71 Å². The molecule has 0 saturated heterocycles. The van der Waals surface area contributed by atoms with Gasteiger partial charge in [-0.2, -0.15) is 0 Å². The molecule has 0 saturated carbocycles. The van der Waals surface area contributed by atoms with Gasteiger partial charge in [-0.05, 0) is 24.5 Å². The molecular formula is C29H20N2OS. The molecule has 1 aliphatic heterocycles. The fourth-order valence-corrected chi connectivity index (χ4v) is 6.35. The Morgan fingerprint density at radius 2 is 1.70 bits per heavy atom. The van der Waals surface area contributed by atoms with Crippen LogP contribution in [0.5, 0.6) is 0 Å². The number of thiophene rings is 1. The Morgan fingerprint density at radius 3 is 2.61 bits per heavy atom. The first-order valence-corrected chi connectivity index (χ1v) is 12.1. The van der Waals surface area contributed by atoms with E-state index >= 15 is 0 Å². The Labute approximate surface area is 194 Å². The molecule has 158 valence electrons. The van der Waals surface area contributed by atoms with Crippen LogP contribution in [0, 0.1) is 0 Å². The summed E-state index contributed by atoms with van der Waals surface area (Å²) < 4.78 is 9.07. The van der Waals surface area contributed by atoms with Crippen LogP contribution in [0.4, 0.5) is 0 Å². The summed E-state index contributed by atoms with van der Waals surface area (Å²) in [6, 6.07) is 21.7. The molecule has 7 rings (SSSR count). The summed E-state index contributed by atoms with van der Waals surface area (Å²) in [6.07, 6.45) is 7.68. The van der Waals surface area contributed by atoms with Crippen molar-refractivity contribution in [3.63, 3.8) is 0 Å². The van der Waals surface area contributed by atoms with E-state index in [1.807, 2.05) is 23.7 Å². The van der Waals surface area contributed by atoms with Crippen LogP contribution in [0.2, 0.25) is 0 Å². The average molecular weight is 445 g/mol. The number of aliphatic imine (C=N–C) groups is 1. The highest BCUT2D eigenvalue weighted by Crippen LogP contribution is 2.43. The fraction of sp³-hybridized carbons (Fsp3) is 0.103. The molecule has 0 bridgehead atoms. The van der Waals surface area contributed by atoms with Gasteiger partial charge in [-0.25, -0.2) is 4.98 Å². The second kappa shape index (κ2) is 7.12. The van der Waals surface area contributed by atoms with Gasteiger partial charge in [0, 0.05) is 60.4 Å². The van der Waals surface area contributed by atoms with Crippen molar-refractivity contribution in [2.45, 2.75) is 19.8 Å². The van der Waals surface area contributed by atoms with Gasteiger partial charge in [0.05, 0.1) is 5.39 Å². The SMILES string of the molecule is CCC1=NC=CCc2c1cnc1oc3c(-c4cccc5c4sc4ccccc45)cccc3c21. The first kappa shape index (κ1) is 18.8. The average Bonchev–Trinajstić information content (AvgIpc) is 3.35. The van der Waals surface area contributed by atoms with Crippen molar-refractivity contribution in [2.24, 2.45) is 4.99 Å². The largest absolute Gasteiger partial charge is 0.437 e. The zero-order valence-corrected chi connectivity index (χ0v) is 18.9. The topological polar surface area (TPSA) is 38.4 Å². The summed E-state index contributed by atoms with van der Waals surface area (Å²) in [5.74, 6) is 0. The predicted molar refractivity (Wildman–Crippen MR) is 140 cm³/mol. The number of pyridine rings is 1. The summed E-state index contributed by atoms with van der Waals surface area (Å²) in [7, 11) is 0. The zero-order valence-electron chi connectivity index (χ0n) is 18.1. The number of nitrogens with zero attached hydrogens (tertiary/aromatic N) is 2. The number of benzene rings is 3. The van der Waals surface area contributed by atoms with Gasteiger partial charge >= 0.3 is 0 Å². The maximum atomic E-state index is 6.47. The van der Waals surface area contributed by atoms with Gasteiger partial charge in [-0.1, -0.05) is 67.6 Å². The predicted octanol–water partition coefficient (Wildman–Crippen LogP) is 8.28. The zero-order chi connectivity index (χ0) is 21.9. The Balaban J connectivity index is 1.56. The molecule has 3 aromatic heterocycles. The van der Waals surface area contributed by atoms with Gasteiger partial charge in [0.25, 0.3) is 0 Å². The van der Waals surface area contributed by atoms with Gasteiger partial charge in [0.15, 0.2) is 0 Å². The minimum Gasteiger partial charge on any atom is -0.437 e. The van der Waals surface area contributed by atoms with E-state index in [1.165, 1.54) is 31.3 Å². The number of hydrogen-bond acceptors (Lipinski definition) is 4. The Morgan fingerprint density at radius 1 is 0.879 bits per heavy atom. The molecule has 0 atom stereocenters. The molecule has 3 aromatic carbocycles. The molecule has 4 heterocycles. The van der Waals surface area contributed by atoms with Crippen LogP contribution in [-0.2, 0) is 6.42 Å². The van der Waals surface area contributed by atoms with Crippen LogP contribution >= 0.6 is 11.3 Å². The summed E-state index contributed by atoms with van der Waals surface area (Å²) in [5, 5.41) is 4.83. The molecule has 4 heteroatoms. The molecule has 6 aromatic rings. The minimum atomic E-state index is 0.700. The Hall–Kier alpha value is -3.76. The molecule has 0 aliphatic carbocycles. The molecule has 33 heavy (non-hydrogen) atoms. The molecule has 0 radical (unpaired) electrons. The third-order valence-electron chi connectivity index (χ3n) is 6.63. The number of hydrogen-bond donors (Lipinski definition) is 0. The monoisotopic (exact) mass is 444 g/mol. The lowest BCUT2D eigenvalue weighted by atomic mass is 9.96. The van der Waals surface area contributed by atoms with Crippen molar-refractivity contribution in [3.05, 3.63) is 90.3 Å². The van der Waals surface area contributed by atoms with Crippen LogP contribution in [0.15, 0.2) is 88.5 Å². The second-order valence-corrected chi connectivity index (χ2v) is 9.47. The van der Waals surface area contributed by atoms with Gasteiger partial charge in [-0.15, -0.1) is 11.3 Å². The number of allylic oxidation sites excluding steroid dienone is 1. The van der Waals surface area contributed by atoms with E-state index < -0.39 is 0 Å². The van der Waals surface area contributed by atoms with E-state index in [1.54, 1.807) is 0 Å². The maximum absolute atomic E-state index is 6.47. The van der Waals surface area contributed by atoms with Crippen molar-refractivity contribution < 1.29 is 4.42 Å². The van der Waals surface area contributed by atoms with Gasteiger partial charge < -0.3 is 4.42 Å². The van der Waals surface area contributed by atoms with E-state index in [4.69, 9.17) is 9.40 Å². The van der Waals surface area contributed by atoms with Crippen molar-refractivity contribution >= 4 is 59.3 Å². The van der Waals surface area contributed by atoms with Gasteiger partial charge in [0.1, 0.15) is 5.58 Å². The van der Waals surface area contributed by atoms with Crippen molar-refractivity contribution in [2.75, 3.05) is 0 Å². The summed E-state index contributed by atoms with van der Waals surface area (Å²) in [6.45, 7) is 2.14. The third kappa shape index (κ3) is 2.68. The first-order valence-electron chi connectivity index (χ1n) is 11.3. The minimum absolute atomic E-state index is 0.700. The number of fused-ring (bicyclic) bond motifs is 8. The maximum Gasteiger partial charge on any atom is 0.227 e. The normalized spacial score (nSPS) is 13.7. The molecule has 3 nitrogen and oxygen atoms in total. The smallest absolute Gasteiger partial charge is 0.227 e. The van der Waals surface area contributed by atoms with Crippen molar-refractivity contribution in [3.8, 4) is 11.1 Å². The van der Waals surface area contributed by atoms with Crippen LogP contribution < -0.4 is 0 Å². The van der Waals surface area contributed by atoms with E-state index in [9.17, 15) is 0 Å². The lowest BCUT2D eigenvalue weighted by Gasteiger charge is -2.08. The molecular weight excluding hydrogens is 424 g/mol. The third-order valence-corrected chi connectivity index (χ3v) is 7.85. The highest BCUT2D eigenvalue weighted by Gasteiger charge is 2.21. The van der Waals surface area contributed by atoms with E-state index in [0.717, 1.165) is 46.0 Å². The second-order valence-electron chi connectivity index (χ2n) is 8.41. The molecule has 0 fully saturated rings. The van der Waals surface area contributed by atoms with E-state index in [2.05, 4.69) is 78.7 Å².